The molecule has 0 spiro atoms. The highest BCUT2D eigenvalue weighted by molar-refractivity contribution is 7.91. The molecule has 2 aromatic carbocycles. The van der Waals surface area contributed by atoms with Gasteiger partial charge in [0.05, 0.1) is 21.9 Å². The summed E-state index contributed by atoms with van der Waals surface area (Å²) in [5.74, 6) is -1.27. The number of rotatable bonds is 9. The van der Waals surface area contributed by atoms with Crippen LogP contribution < -0.4 is 14.3 Å². The largest absolute Gasteiger partial charge is 0.464 e. The minimum absolute atomic E-state index is 0.0407. The third-order valence-electron chi connectivity index (χ3n) is 5.93. The van der Waals surface area contributed by atoms with Crippen molar-refractivity contribution < 1.29 is 44.7 Å². The summed E-state index contributed by atoms with van der Waals surface area (Å²) in [6.07, 6.45) is -6.73. The van der Waals surface area contributed by atoms with E-state index in [9.17, 15) is 39.6 Å². The molecular formula is C22H23Cl2F3N4O7S2. The molecule has 0 saturated carbocycles. The lowest BCUT2D eigenvalue weighted by molar-refractivity contribution is -0.138. The summed E-state index contributed by atoms with van der Waals surface area (Å²) in [7, 11) is -6.99. The number of carbonyl (C=O) groups is 2. The summed E-state index contributed by atoms with van der Waals surface area (Å²) in [6.45, 7) is 0.962. The number of nitrogens with one attached hydrogen (secondary N) is 2. The summed E-state index contributed by atoms with van der Waals surface area (Å²) < 4.78 is 93.9. The second kappa shape index (κ2) is 11.7. The van der Waals surface area contributed by atoms with E-state index in [1.54, 1.807) is 0 Å². The zero-order chi connectivity index (χ0) is 30.2. The Bertz CT molecular complexity index is 1550. The predicted molar refractivity (Wildman–Crippen MR) is 141 cm³/mol. The lowest BCUT2D eigenvalue weighted by atomic mass is 10.00. The normalized spacial score (nSPS) is 15.0. The molecule has 1 aliphatic heterocycles. The molecule has 220 valence electrons. The van der Waals surface area contributed by atoms with Gasteiger partial charge in [0.15, 0.2) is 9.84 Å². The summed E-state index contributed by atoms with van der Waals surface area (Å²) in [5, 5.41) is 8.26. The highest BCUT2D eigenvalue weighted by Crippen LogP contribution is 2.38. The maximum absolute atomic E-state index is 14.1. The van der Waals surface area contributed by atoms with Crippen molar-refractivity contribution in [3.63, 3.8) is 0 Å². The molecule has 0 radical (unpaired) electrons. The summed E-state index contributed by atoms with van der Waals surface area (Å²) in [4.78, 5) is 25.9. The minimum Gasteiger partial charge on any atom is -0.464 e. The van der Waals surface area contributed by atoms with Gasteiger partial charge < -0.3 is 10.0 Å². The Hall–Kier alpha value is -2.63. The maximum Gasteiger partial charge on any atom is 0.419 e. The molecule has 11 nitrogen and oxygen atoms in total. The van der Waals surface area contributed by atoms with E-state index >= 15 is 0 Å². The average Bonchev–Trinajstić information content (AvgIpc) is 2.80. The van der Waals surface area contributed by atoms with Gasteiger partial charge in [-0.25, -0.2) is 17.9 Å². The Morgan fingerprint density at radius 1 is 1.12 bits per heavy atom. The average molecular weight is 647 g/mol. The molecule has 2 amide bonds. The van der Waals surface area contributed by atoms with Gasteiger partial charge in [-0.3, -0.25) is 9.69 Å². The smallest absolute Gasteiger partial charge is 0.419 e. The van der Waals surface area contributed by atoms with Crippen molar-refractivity contribution in [3.05, 3.63) is 57.1 Å². The van der Waals surface area contributed by atoms with Crippen LogP contribution in [0.4, 0.5) is 23.7 Å². The van der Waals surface area contributed by atoms with Gasteiger partial charge in [0.25, 0.3) is 5.91 Å². The van der Waals surface area contributed by atoms with Crippen LogP contribution in [0.2, 0.25) is 10.0 Å². The Labute approximate surface area is 237 Å². The highest BCUT2D eigenvalue weighted by atomic mass is 35.5. The molecule has 0 aromatic heterocycles. The van der Waals surface area contributed by atoms with E-state index in [0.29, 0.717) is 6.07 Å². The molecule has 0 bridgehead atoms. The number of amides is 2. The molecule has 1 aliphatic rings. The van der Waals surface area contributed by atoms with Gasteiger partial charge in [0, 0.05) is 48.3 Å². The van der Waals surface area contributed by atoms with Gasteiger partial charge in [-0.15, -0.1) is 0 Å². The quantitative estimate of drug-likeness (QED) is 0.375. The third-order valence-corrected chi connectivity index (χ3v) is 9.37. The summed E-state index contributed by atoms with van der Waals surface area (Å²) in [6, 6.07) is 4.60. The second-order valence-electron chi connectivity index (χ2n) is 8.78. The number of carboxylic acid groups (broad SMARTS) is 1. The Kier molecular flexibility index (Phi) is 9.33. The first kappa shape index (κ1) is 31.9. The minimum atomic E-state index is -4.93. The number of benzene rings is 2. The van der Waals surface area contributed by atoms with E-state index in [1.165, 1.54) is 41.8 Å². The molecule has 0 unspecified atom stereocenters. The van der Waals surface area contributed by atoms with E-state index in [2.05, 4.69) is 4.72 Å². The van der Waals surface area contributed by atoms with Crippen molar-refractivity contribution in [2.45, 2.75) is 30.6 Å². The Balaban J connectivity index is 1.89. The van der Waals surface area contributed by atoms with Crippen LogP contribution in [0.15, 0.2) is 35.2 Å². The zero-order valence-corrected chi connectivity index (χ0v) is 23.9. The third kappa shape index (κ3) is 7.36. The number of hydrogen-bond donors (Lipinski definition) is 3. The fourth-order valence-corrected chi connectivity index (χ4v) is 6.43. The van der Waals surface area contributed by atoms with Crippen LogP contribution in [-0.2, 0) is 32.8 Å². The van der Waals surface area contributed by atoms with Gasteiger partial charge in [0.1, 0.15) is 0 Å². The van der Waals surface area contributed by atoms with E-state index < -0.39 is 60.4 Å². The van der Waals surface area contributed by atoms with Crippen LogP contribution >= 0.6 is 23.2 Å². The molecule has 1 fully saturated rings. The van der Waals surface area contributed by atoms with E-state index in [1.807, 2.05) is 0 Å². The number of nitrogens with zero attached hydrogens (tertiary/aromatic N) is 2. The molecule has 3 N–H and O–H groups in total. The number of anilines is 1. The van der Waals surface area contributed by atoms with Crippen LogP contribution in [-0.4, -0.2) is 70.8 Å². The standard InChI is InChI=1S/C22H23Cl2F3N4O7S2/c1-3-39(35,36)19-5-4-13(23)8-18(19)30(2)20(32)12-6-16(22(25,26)27)15(17(24)7-12)11-31-9-14(10-31)28-40(37,38)29-21(33)34/h4-8,14,28-29H,3,9-11H2,1-2H3,(H,33,34). The van der Waals surface area contributed by atoms with Crippen molar-refractivity contribution in [3.8, 4) is 0 Å². The molecule has 2 aromatic rings. The SMILES string of the molecule is CCS(=O)(=O)c1ccc(Cl)cc1N(C)C(=O)c1cc(Cl)c(CN2CC(NS(=O)(=O)NC(=O)O)C2)c(C(F)(F)F)c1. The monoisotopic (exact) mass is 646 g/mol. The Morgan fingerprint density at radius 3 is 2.30 bits per heavy atom. The van der Waals surface area contributed by atoms with Crippen LogP contribution in [0, 0.1) is 0 Å². The van der Waals surface area contributed by atoms with E-state index in [0.717, 1.165) is 11.0 Å². The number of halogens is 5. The second-order valence-corrected chi connectivity index (χ2v) is 13.3. The number of sulfone groups is 1. The van der Waals surface area contributed by atoms with Crippen molar-refractivity contribution >= 4 is 60.9 Å². The fraction of sp³-hybridized carbons (Fsp3) is 0.364. The predicted octanol–water partition coefficient (Wildman–Crippen LogP) is 3.37. The number of carbonyl (C=O) groups excluding carboxylic acids is 1. The first-order valence-electron chi connectivity index (χ1n) is 11.3. The number of likely N-dealkylation sites (tertiary alicyclic amines) is 1. The number of alkyl halides is 3. The van der Waals surface area contributed by atoms with Crippen LogP contribution in [0.3, 0.4) is 0 Å². The van der Waals surface area contributed by atoms with Crippen LogP contribution in [0.5, 0.6) is 0 Å². The van der Waals surface area contributed by atoms with Gasteiger partial charge in [-0.1, -0.05) is 30.1 Å². The first-order chi connectivity index (χ1) is 18.3. The summed E-state index contributed by atoms with van der Waals surface area (Å²) in [5.41, 5.74) is -2.16. The van der Waals surface area contributed by atoms with E-state index in [4.69, 9.17) is 28.3 Å². The number of hydrogen-bond acceptors (Lipinski definition) is 7. The van der Waals surface area contributed by atoms with Gasteiger partial charge in [-0.2, -0.15) is 26.3 Å². The molecule has 1 heterocycles. The van der Waals surface area contributed by atoms with E-state index in [-0.39, 0.29) is 46.6 Å². The topological polar surface area (TPSA) is 153 Å². The molecule has 40 heavy (non-hydrogen) atoms. The zero-order valence-electron chi connectivity index (χ0n) is 20.8. The van der Waals surface area contributed by atoms with Crippen LogP contribution in [0.1, 0.15) is 28.4 Å². The van der Waals surface area contributed by atoms with Crippen LogP contribution in [0.25, 0.3) is 0 Å². The Morgan fingerprint density at radius 2 is 1.75 bits per heavy atom. The van der Waals surface area contributed by atoms with Gasteiger partial charge >= 0.3 is 22.5 Å². The molecule has 0 aliphatic carbocycles. The molecule has 0 atom stereocenters. The highest BCUT2D eigenvalue weighted by Gasteiger charge is 2.38. The fourth-order valence-electron chi connectivity index (χ4n) is 4.01. The molecule has 3 rings (SSSR count). The lowest BCUT2D eigenvalue weighted by Crippen LogP contribution is -2.60. The molecular weight excluding hydrogens is 624 g/mol. The summed E-state index contributed by atoms with van der Waals surface area (Å²) >= 11 is 12.2. The van der Waals surface area contributed by atoms with Crippen molar-refractivity contribution in [1.29, 1.82) is 0 Å². The van der Waals surface area contributed by atoms with Crippen molar-refractivity contribution in [1.82, 2.24) is 14.3 Å². The first-order valence-corrected chi connectivity index (χ1v) is 15.2. The van der Waals surface area contributed by atoms with Gasteiger partial charge in [0.2, 0.25) is 0 Å². The lowest BCUT2D eigenvalue weighted by Gasteiger charge is -2.39. The molecule has 1 saturated heterocycles. The maximum atomic E-state index is 14.1. The van der Waals surface area contributed by atoms with Gasteiger partial charge in [-0.05, 0) is 35.9 Å². The van der Waals surface area contributed by atoms with Crippen molar-refractivity contribution in [2.75, 3.05) is 30.8 Å². The molecule has 18 heteroatoms. The van der Waals surface area contributed by atoms with Crippen molar-refractivity contribution in [2.24, 2.45) is 0 Å².